The van der Waals surface area contributed by atoms with E-state index in [0.29, 0.717) is 12.2 Å². The molecule has 1 aliphatic heterocycles. The van der Waals surface area contributed by atoms with Crippen LogP contribution in [0.2, 0.25) is 0 Å². The van der Waals surface area contributed by atoms with E-state index in [4.69, 9.17) is 5.73 Å². The second-order valence-corrected chi connectivity index (χ2v) is 4.27. The van der Waals surface area contributed by atoms with Crippen LogP contribution in [0.4, 0.5) is 0 Å². The van der Waals surface area contributed by atoms with Crippen LogP contribution in [-0.2, 0) is 7.05 Å². The molecular weight excluding hydrogens is 204 g/mol. The number of aromatic nitrogens is 2. The van der Waals surface area contributed by atoms with E-state index >= 15 is 0 Å². The van der Waals surface area contributed by atoms with Crippen LogP contribution in [0.5, 0.6) is 0 Å². The number of piperidine rings is 1. The molecule has 2 rings (SSSR count). The summed E-state index contributed by atoms with van der Waals surface area (Å²) in [5.74, 6) is 0.0511. The standard InChI is InChI=1S/C11H18N4O/c1-14-8-13-7-10(14)11(16)15-5-3-2-4-9(15)6-12/h7-9H,2-6,12H2,1H3. The van der Waals surface area contributed by atoms with Gasteiger partial charge in [-0.2, -0.15) is 0 Å². The van der Waals surface area contributed by atoms with Crippen molar-refractivity contribution in [3.63, 3.8) is 0 Å². The number of aryl methyl sites for hydroxylation is 1. The minimum atomic E-state index is 0.0511. The zero-order valence-electron chi connectivity index (χ0n) is 9.59. The van der Waals surface area contributed by atoms with Gasteiger partial charge in [-0.3, -0.25) is 4.79 Å². The van der Waals surface area contributed by atoms with Crippen LogP contribution in [0, 0.1) is 0 Å². The lowest BCUT2D eigenvalue weighted by Crippen LogP contribution is -2.47. The molecule has 0 bridgehead atoms. The summed E-state index contributed by atoms with van der Waals surface area (Å²) in [6.07, 6.45) is 6.51. The van der Waals surface area contributed by atoms with Gasteiger partial charge in [-0.15, -0.1) is 0 Å². The van der Waals surface area contributed by atoms with Crippen LogP contribution in [0.1, 0.15) is 29.8 Å². The molecule has 2 N–H and O–H groups in total. The molecule has 1 aromatic rings. The van der Waals surface area contributed by atoms with E-state index in [9.17, 15) is 4.79 Å². The number of carbonyl (C=O) groups excluding carboxylic acids is 1. The molecule has 0 spiro atoms. The van der Waals surface area contributed by atoms with Gasteiger partial charge in [0.25, 0.3) is 5.91 Å². The Balaban J connectivity index is 2.17. The largest absolute Gasteiger partial charge is 0.333 e. The van der Waals surface area contributed by atoms with E-state index in [1.54, 1.807) is 17.1 Å². The molecule has 1 amide bonds. The van der Waals surface area contributed by atoms with Crippen LogP contribution in [-0.4, -0.2) is 39.5 Å². The minimum Gasteiger partial charge on any atom is -0.333 e. The third-order valence-electron chi connectivity index (χ3n) is 3.20. The average Bonchev–Trinajstić information content (AvgIpc) is 2.74. The first-order valence-corrected chi connectivity index (χ1v) is 5.71. The number of nitrogens with zero attached hydrogens (tertiary/aromatic N) is 3. The lowest BCUT2D eigenvalue weighted by atomic mass is 10.0. The second-order valence-electron chi connectivity index (χ2n) is 4.27. The normalized spacial score (nSPS) is 21.1. The monoisotopic (exact) mass is 222 g/mol. The average molecular weight is 222 g/mol. The third-order valence-corrected chi connectivity index (χ3v) is 3.20. The van der Waals surface area contributed by atoms with Crippen molar-refractivity contribution in [2.75, 3.05) is 13.1 Å². The first-order chi connectivity index (χ1) is 7.74. The maximum absolute atomic E-state index is 12.3. The summed E-state index contributed by atoms with van der Waals surface area (Å²) in [6, 6.07) is 0.191. The summed E-state index contributed by atoms with van der Waals surface area (Å²) in [4.78, 5) is 18.1. The van der Waals surface area contributed by atoms with E-state index in [1.165, 1.54) is 0 Å². The maximum atomic E-state index is 12.3. The van der Waals surface area contributed by atoms with Crippen molar-refractivity contribution in [3.05, 3.63) is 18.2 Å². The summed E-state index contributed by atoms with van der Waals surface area (Å²) in [5.41, 5.74) is 6.35. The molecule has 0 radical (unpaired) electrons. The first kappa shape index (κ1) is 11.1. The summed E-state index contributed by atoms with van der Waals surface area (Å²) in [6.45, 7) is 1.36. The van der Waals surface area contributed by atoms with Crippen molar-refractivity contribution in [1.29, 1.82) is 0 Å². The minimum absolute atomic E-state index is 0.0511. The van der Waals surface area contributed by atoms with Gasteiger partial charge < -0.3 is 15.2 Å². The Labute approximate surface area is 95.2 Å². The van der Waals surface area contributed by atoms with Crippen molar-refractivity contribution < 1.29 is 4.79 Å². The Morgan fingerprint density at radius 3 is 3.06 bits per heavy atom. The predicted molar refractivity (Wildman–Crippen MR) is 60.9 cm³/mol. The molecule has 5 heteroatoms. The fraction of sp³-hybridized carbons (Fsp3) is 0.636. The van der Waals surface area contributed by atoms with Crippen molar-refractivity contribution in [2.24, 2.45) is 12.8 Å². The Morgan fingerprint density at radius 1 is 1.62 bits per heavy atom. The zero-order valence-corrected chi connectivity index (χ0v) is 9.59. The number of imidazole rings is 1. The van der Waals surface area contributed by atoms with E-state index in [1.807, 2.05) is 11.9 Å². The van der Waals surface area contributed by atoms with Gasteiger partial charge in [-0.25, -0.2) is 4.98 Å². The van der Waals surface area contributed by atoms with Gasteiger partial charge in [-0.1, -0.05) is 0 Å². The Morgan fingerprint density at radius 2 is 2.44 bits per heavy atom. The number of likely N-dealkylation sites (tertiary alicyclic amines) is 1. The summed E-state index contributed by atoms with van der Waals surface area (Å²) >= 11 is 0. The van der Waals surface area contributed by atoms with Crippen molar-refractivity contribution >= 4 is 5.91 Å². The van der Waals surface area contributed by atoms with Crippen molar-refractivity contribution in [1.82, 2.24) is 14.5 Å². The van der Waals surface area contributed by atoms with E-state index in [2.05, 4.69) is 4.98 Å². The van der Waals surface area contributed by atoms with Gasteiger partial charge in [0, 0.05) is 26.2 Å². The second kappa shape index (κ2) is 4.65. The molecule has 16 heavy (non-hydrogen) atoms. The highest BCUT2D eigenvalue weighted by atomic mass is 16.2. The summed E-state index contributed by atoms with van der Waals surface area (Å²) < 4.78 is 1.75. The number of carbonyl (C=O) groups is 1. The molecule has 1 atom stereocenters. The Hall–Kier alpha value is -1.36. The van der Waals surface area contributed by atoms with Crippen LogP contribution >= 0.6 is 0 Å². The number of hydrogen-bond donors (Lipinski definition) is 1. The van der Waals surface area contributed by atoms with Crippen LogP contribution < -0.4 is 5.73 Å². The maximum Gasteiger partial charge on any atom is 0.272 e. The highest BCUT2D eigenvalue weighted by Crippen LogP contribution is 2.18. The lowest BCUT2D eigenvalue weighted by molar-refractivity contribution is 0.0613. The quantitative estimate of drug-likeness (QED) is 0.786. The fourth-order valence-corrected chi connectivity index (χ4v) is 2.22. The van der Waals surface area contributed by atoms with Gasteiger partial charge in [0.2, 0.25) is 0 Å². The van der Waals surface area contributed by atoms with Crippen molar-refractivity contribution in [3.8, 4) is 0 Å². The van der Waals surface area contributed by atoms with Crippen LogP contribution in [0.3, 0.4) is 0 Å². The van der Waals surface area contributed by atoms with Crippen molar-refractivity contribution in [2.45, 2.75) is 25.3 Å². The fourth-order valence-electron chi connectivity index (χ4n) is 2.22. The topological polar surface area (TPSA) is 64.2 Å². The van der Waals surface area contributed by atoms with Gasteiger partial charge in [0.15, 0.2) is 0 Å². The van der Waals surface area contributed by atoms with Gasteiger partial charge in [0.05, 0.1) is 12.5 Å². The first-order valence-electron chi connectivity index (χ1n) is 5.71. The molecule has 2 heterocycles. The zero-order chi connectivity index (χ0) is 11.5. The van der Waals surface area contributed by atoms with Crippen LogP contribution in [0.15, 0.2) is 12.5 Å². The molecule has 1 aromatic heterocycles. The Bertz CT molecular complexity index is 374. The molecule has 5 nitrogen and oxygen atoms in total. The number of rotatable bonds is 2. The molecule has 1 saturated heterocycles. The molecule has 88 valence electrons. The number of amides is 1. The molecule has 1 unspecified atom stereocenters. The highest BCUT2D eigenvalue weighted by Gasteiger charge is 2.27. The third kappa shape index (κ3) is 1.95. The van der Waals surface area contributed by atoms with Gasteiger partial charge in [0.1, 0.15) is 5.69 Å². The Kier molecular flexibility index (Phi) is 3.24. The van der Waals surface area contributed by atoms with Gasteiger partial charge in [-0.05, 0) is 19.3 Å². The van der Waals surface area contributed by atoms with E-state index in [0.717, 1.165) is 25.8 Å². The summed E-state index contributed by atoms with van der Waals surface area (Å²) in [7, 11) is 1.83. The van der Waals surface area contributed by atoms with Crippen LogP contribution in [0.25, 0.3) is 0 Å². The number of nitrogens with two attached hydrogens (primary N) is 1. The molecule has 0 aliphatic carbocycles. The molecule has 1 fully saturated rings. The van der Waals surface area contributed by atoms with E-state index < -0.39 is 0 Å². The summed E-state index contributed by atoms with van der Waals surface area (Å²) in [5, 5.41) is 0. The molecule has 1 aliphatic rings. The van der Waals surface area contributed by atoms with E-state index in [-0.39, 0.29) is 11.9 Å². The molecule has 0 saturated carbocycles. The highest BCUT2D eigenvalue weighted by molar-refractivity contribution is 5.92. The lowest BCUT2D eigenvalue weighted by Gasteiger charge is -2.34. The smallest absolute Gasteiger partial charge is 0.272 e. The predicted octanol–water partition coefficient (Wildman–Crippen LogP) is 0.374. The molecule has 0 aromatic carbocycles. The van der Waals surface area contributed by atoms with Gasteiger partial charge >= 0.3 is 0 Å². The number of hydrogen-bond acceptors (Lipinski definition) is 3. The SMILES string of the molecule is Cn1cncc1C(=O)N1CCCCC1CN. The molecular formula is C11H18N4O.